The number of benzene rings is 1. The van der Waals surface area contributed by atoms with Gasteiger partial charge in [-0.3, -0.25) is 13.3 Å². The van der Waals surface area contributed by atoms with Crippen LogP contribution >= 0.6 is 0 Å². The number of nitrogens with zero attached hydrogens (tertiary/aromatic N) is 3. The van der Waals surface area contributed by atoms with Gasteiger partial charge < -0.3 is 20.9 Å². The maximum atomic E-state index is 11.7. The van der Waals surface area contributed by atoms with Gasteiger partial charge in [0.2, 0.25) is 17.8 Å². The third-order valence-electron chi connectivity index (χ3n) is 4.70. The van der Waals surface area contributed by atoms with Crippen LogP contribution in [0.2, 0.25) is 0 Å². The van der Waals surface area contributed by atoms with E-state index in [0.717, 1.165) is 24.6 Å². The molecule has 15 nitrogen and oxygen atoms in total. The van der Waals surface area contributed by atoms with E-state index in [2.05, 4.69) is 30.3 Å². The zero-order chi connectivity index (χ0) is 24.4. The minimum Gasteiger partial charge on any atom is -0.760 e. The van der Waals surface area contributed by atoms with E-state index in [0.29, 0.717) is 19.3 Å². The molecule has 182 valence electrons. The SMILES string of the molecule is Nc1nc(Nc2cc(S(=O)(=O)O)ccc2S(=O)(=O)O)nc(NC2CCCC(NS(=O)[O-])C2)n1. The lowest BCUT2D eigenvalue weighted by Gasteiger charge is -2.30. The maximum Gasteiger partial charge on any atom is 0.296 e. The molecule has 1 aliphatic carbocycles. The van der Waals surface area contributed by atoms with Crippen LogP contribution in [0.15, 0.2) is 28.0 Å². The molecule has 33 heavy (non-hydrogen) atoms. The van der Waals surface area contributed by atoms with E-state index in [1.54, 1.807) is 0 Å². The van der Waals surface area contributed by atoms with Gasteiger partial charge in [0.15, 0.2) is 0 Å². The van der Waals surface area contributed by atoms with Gasteiger partial charge in [-0.15, -0.1) is 0 Å². The van der Waals surface area contributed by atoms with Crippen molar-refractivity contribution in [3.63, 3.8) is 0 Å². The molecule has 0 saturated heterocycles. The smallest absolute Gasteiger partial charge is 0.296 e. The molecule has 1 fully saturated rings. The zero-order valence-electron chi connectivity index (χ0n) is 16.7. The fourth-order valence-corrected chi connectivity index (χ4v) is 4.99. The second-order valence-corrected chi connectivity index (χ2v) is 10.6. The first-order valence-electron chi connectivity index (χ1n) is 9.31. The second-order valence-electron chi connectivity index (χ2n) is 7.13. The number of nitrogens with two attached hydrogens (primary N) is 1. The predicted octanol–water partition coefficient (Wildman–Crippen LogP) is -0.202. The molecule has 0 radical (unpaired) electrons. The summed E-state index contributed by atoms with van der Waals surface area (Å²) in [4.78, 5) is 10.5. The van der Waals surface area contributed by atoms with Crippen molar-refractivity contribution in [1.82, 2.24) is 19.7 Å². The van der Waals surface area contributed by atoms with Crippen LogP contribution in [0.1, 0.15) is 25.7 Å². The molecular weight excluding hydrogens is 502 g/mol. The summed E-state index contributed by atoms with van der Waals surface area (Å²) in [5, 5.41) is 5.46. The summed E-state index contributed by atoms with van der Waals surface area (Å²) < 4.78 is 89.0. The second kappa shape index (κ2) is 9.79. The van der Waals surface area contributed by atoms with Crippen LogP contribution in [0.5, 0.6) is 0 Å². The van der Waals surface area contributed by atoms with Gasteiger partial charge in [-0.1, -0.05) is 0 Å². The zero-order valence-corrected chi connectivity index (χ0v) is 19.2. The van der Waals surface area contributed by atoms with Crippen molar-refractivity contribution in [3.05, 3.63) is 18.2 Å². The van der Waals surface area contributed by atoms with E-state index >= 15 is 0 Å². The predicted molar refractivity (Wildman–Crippen MR) is 115 cm³/mol. The molecule has 1 aliphatic rings. The van der Waals surface area contributed by atoms with Crippen LogP contribution in [-0.4, -0.2) is 61.7 Å². The minimum atomic E-state index is -4.79. The number of hydrogen-bond donors (Lipinski definition) is 6. The quantitative estimate of drug-likeness (QED) is 0.194. The van der Waals surface area contributed by atoms with Crippen LogP contribution < -0.4 is 21.1 Å². The highest BCUT2D eigenvalue weighted by molar-refractivity contribution is 7.86. The Morgan fingerprint density at radius 3 is 2.33 bits per heavy atom. The highest BCUT2D eigenvalue weighted by atomic mass is 32.2. The average Bonchev–Trinajstić information content (AvgIpc) is 2.65. The lowest BCUT2D eigenvalue weighted by molar-refractivity contribution is 0.380. The van der Waals surface area contributed by atoms with Crippen LogP contribution in [0.25, 0.3) is 0 Å². The molecule has 0 aliphatic heterocycles. The van der Waals surface area contributed by atoms with Crippen molar-refractivity contribution in [1.29, 1.82) is 0 Å². The summed E-state index contributed by atoms with van der Waals surface area (Å²) in [5.41, 5.74) is 5.25. The number of nitrogen functional groups attached to an aromatic ring is 1. The fraction of sp³-hybridized carbons (Fsp3) is 0.400. The molecular formula is C15H20N7O8S3-. The molecule has 18 heteroatoms. The molecule has 3 unspecified atom stereocenters. The molecule has 0 amide bonds. The molecule has 0 spiro atoms. The van der Waals surface area contributed by atoms with Gasteiger partial charge in [-0.2, -0.15) is 31.8 Å². The molecule has 1 heterocycles. The first kappa shape index (κ1) is 25.1. The molecule has 1 saturated carbocycles. The Balaban J connectivity index is 1.88. The number of hydrogen-bond acceptors (Lipinski definition) is 12. The van der Waals surface area contributed by atoms with Crippen molar-refractivity contribution in [2.75, 3.05) is 16.4 Å². The summed E-state index contributed by atoms with van der Waals surface area (Å²) in [6.07, 6.45) is 2.55. The van der Waals surface area contributed by atoms with Gasteiger partial charge in [0.1, 0.15) is 4.90 Å². The van der Waals surface area contributed by atoms with Gasteiger partial charge >= 0.3 is 0 Å². The Labute approximate surface area is 191 Å². The van der Waals surface area contributed by atoms with E-state index in [9.17, 15) is 34.7 Å². The van der Waals surface area contributed by atoms with Crippen LogP contribution in [0, 0.1) is 0 Å². The lowest BCUT2D eigenvalue weighted by atomic mass is 9.92. The molecule has 7 N–H and O–H groups in total. The van der Waals surface area contributed by atoms with Crippen LogP contribution in [0.4, 0.5) is 23.5 Å². The van der Waals surface area contributed by atoms with Gasteiger partial charge in [0.05, 0.1) is 10.6 Å². The fourth-order valence-electron chi connectivity index (χ4n) is 3.37. The molecule has 3 atom stereocenters. The third kappa shape index (κ3) is 7.00. The Morgan fingerprint density at radius 1 is 1.03 bits per heavy atom. The van der Waals surface area contributed by atoms with E-state index in [4.69, 9.17) is 5.73 Å². The largest absolute Gasteiger partial charge is 0.760 e. The van der Waals surface area contributed by atoms with Gasteiger partial charge in [0, 0.05) is 23.4 Å². The van der Waals surface area contributed by atoms with Crippen LogP contribution in [0.3, 0.4) is 0 Å². The van der Waals surface area contributed by atoms with Crippen molar-refractivity contribution < 1.29 is 34.7 Å². The van der Waals surface area contributed by atoms with Gasteiger partial charge in [-0.05, 0) is 43.9 Å². The number of nitrogens with one attached hydrogen (secondary N) is 3. The highest BCUT2D eigenvalue weighted by Crippen LogP contribution is 2.28. The normalized spacial score (nSPS) is 20.2. The summed E-state index contributed by atoms with van der Waals surface area (Å²) in [5.74, 6) is -0.549. The Bertz CT molecular complexity index is 1270. The Kier molecular flexibility index (Phi) is 7.46. The summed E-state index contributed by atoms with van der Waals surface area (Å²) >= 11 is -2.40. The Hall–Kier alpha value is -2.48. The average molecular weight is 523 g/mol. The van der Waals surface area contributed by atoms with Crippen molar-refractivity contribution >= 4 is 55.0 Å². The molecule has 1 aromatic carbocycles. The topological polar surface area (TPSA) is 250 Å². The van der Waals surface area contributed by atoms with Gasteiger partial charge in [0.25, 0.3) is 20.2 Å². The first-order chi connectivity index (χ1) is 15.3. The van der Waals surface area contributed by atoms with E-state index in [1.807, 2.05) is 0 Å². The number of rotatable bonds is 8. The van der Waals surface area contributed by atoms with E-state index in [1.165, 1.54) is 0 Å². The maximum absolute atomic E-state index is 11.7. The number of aromatic nitrogens is 3. The molecule has 2 aromatic rings. The summed E-state index contributed by atoms with van der Waals surface area (Å²) in [6, 6.07) is 1.87. The standard InChI is InChI=1S/C15H21N7O8S3/c16-13-19-14(17-8-2-1-3-9(6-8)22-31(23)24)21-15(20-13)18-11-7-10(32(25,26)27)4-5-12(11)33(28,29)30/h4-5,7-9,22H,1-3,6H2,(H,23,24)(H,25,26,27)(H,28,29,30)(H4,16,17,18,19,20,21)/p-1. The summed E-state index contributed by atoms with van der Waals surface area (Å²) in [6.45, 7) is 0. The molecule has 1 aromatic heterocycles. The first-order valence-corrected chi connectivity index (χ1v) is 13.3. The Morgan fingerprint density at radius 2 is 1.70 bits per heavy atom. The van der Waals surface area contributed by atoms with Gasteiger partial charge in [-0.25, -0.2) is 4.72 Å². The van der Waals surface area contributed by atoms with E-state index in [-0.39, 0.29) is 29.9 Å². The van der Waals surface area contributed by atoms with Crippen molar-refractivity contribution in [3.8, 4) is 0 Å². The highest BCUT2D eigenvalue weighted by Gasteiger charge is 2.24. The number of anilines is 4. The van der Waals surface area contributed by atoms with E-state index < -0.39 is 47.0 Å². The minimum absolute atomic E-state index is 0.00163. The van der Waals surface area contributed by atoms with Crippen LogP contribution in [-0.2, 0) is 31.5 Å². The summed E-state index contributed by atoms with van der Waals surface area (Å²) in [7, 11) is -9.48. The third-order valence-corrected chi connectivity index (χ3v) is 6.98. The lowest BCUT2D eigenvalue weighted by Crippen LogP contribution is -2.39. The monoisotopic (exact) mass is 522 g/mol. The van der Waals surface area contributed by atoms with Crippen molar-refractivity contribution in [2.24, 2.45) is 0 Å². The molecule has 3 rings (SSSR count). The van der Waals surface area contributed by atoms with Crippen molar-refractivity contribution in [2.45, 2.75) is 47.6 Å². The molecule has 0 bridgehead atoms.